The Morgan fingerprint density at radius 2 is 2.00 bits per heavy atom. The van der Waals surface area contributed by atoms with Crippen LogP contribution in [0.5, 0.6) is 0 Å². The first-order chi connectivity index (χ1) is 4.27. The van der Waals surface area contributed by atoms with Crippen molar-refractivity contribution in [1.29, 1.82) is 5.41 Å². The Morgan fingerprint density at radius 1 is 1.33 bits per heavy atom. The molecule has 0 spiro atoms. The molecule has 0 heterocycles. The molecule has 0 aliphatic heterocycles. The van der Waals surface area contributed by atoms with E-state index in [-0.39, 0.29) is 12.4 Å². The summed E-state index contributed by atoms with van der Waals surface area (Å²) in [4.78, 5) is 0. The zero-order valence-corrected chi connectivity index (χ0v) is 5.52. The molecule has 0 aromatic heterocycles. The molecule has 0 amide bonds. The van der Waals surface area contributed by atoms with E-state index in [0.717, 1.165) is 12.8 Å². The Kier molecular flexibility index (Phi) is 5.21. The van der Waals surface area contributed by atoms with Crippen LogP contribution in [0.4, 0.5) is 0 Å². The molecule has 0 rings (SSSR count). The predicted octanol–water partition coefficient (Wildman–Crippen LogP) is 0.913. The molecule has 1 radical (unpaired) electrons. The van der Waals surface area contributed by atoms with Gasteiger partial charge < -0.3 is 5.73 Å². The van der Waals surface area contributed by atoms with Crippen molar-refractivity contribution in [3.8, 4) is 0 Å². The van der Waals surface area contributed by atoms with Crippen LogP contribution in [-0.2, 0) is 5.11 Å². The summed E-state index contributed by atoms with van der Waals surface area (Å²) in [5.41, 5.74) is 5.08. The predicted molar refractivity (Wildman–Crippen MR) is 35.9 cm³/mol. The first kappa shape index (κ1) is 8.43. The van der Waals surface area contributed by atoms with Gasteiger partial charge in [-0.15, -0.1) is 0 Å². The smallest absolute Gasteiger partial charge is 0.0905 e. The summed E-state index contributed by atoms with van der Waals surface area (Å²) in [6, 6.07) is 0. The maximum absolute atomic E-state index is 9.89. The first-order valence-corrected chi connectivity index (χ1v) is 3.18. The summed E-state index contributed by atoms with van der Waals surface area (Å²) < 4.78 is 0. The lowest BCUT2D eigenvalue weighted by Crippen LogP contribution is -2.08. The van der Waals surface area contributed by atoms with E-state index in [4.69, 9.17) is 11.1 Å². The first-order valence-electron chi connectivity index (χ1n) is 3.18. The van der Waals surface area contributed by atoms with Crippen LogP contribution < -0.4 is 5.73 Å². The fourth-order valence-electron chi connectivity index (χ4n) is 0.594. The minimum Gasteiger partial charge on any atom is -0.388 e. The zero-order valence-electron chi connectivity index (χ0n) is 5.52. The minimum atomic E-state index is -0.00208. The number of nitrogens with one attached hydrogen (secondary N) is 1. The van der Waals surface area contributed by atoms with E-state index in [0.29, 0.717) is 12.8 Å². The molecule has 0 unspecified atom stereocenters. The van der Waals surface area contributed by atoms with Crippen molar-refractivity contribution >= 4 is 5.84 Å². The molecule has 0 aliphatic rings. The molecule has 0 fully saturated rings. The highest BCUT2D eigenvalue weighted by Gasteiger charge is 1.89. The van der Waals surface area contributed by atoms with Crippen molar-refractivity contribution in [2.24, 2.45) is 5.73 Å². The van der Waals surface area contributed by atoms with E-state index in [1.54, 1.807) is 0 Å². The summed E-state index contributed by atoms with van der Waals surface area (Å²) in [5, 5.41) is 16.7. The third-order valence-corrected chi connectivity index (χ3v) is 1.09. The van der Waals surface area contributed by atoms with E-state index >= 15 is 0 Å². The topological polar surface area (TPSA) is 69.8 Å². The van der Waals surface area contributed by atoms with Gasteiger partial charge in [-0.2, -0.15) is 0 Å². The molecule has 3 N–H and O–H groups in total. The molecular formula is C6H13N2O. The Hall–Kier alpha value is -0.570. The third kappa shape index (κ3) is 7.43. The lowest BCUT2D eigenvalue weighted by Gasteiger charge is -1.94. The number of unbranched alkanes of at least 4 members (excludes halogenated alkanes) is 2. The molecule has 0 aromatic rings. The highest BCUT2D eigenvalue weighted by atomic mass is 16.2. The van der Waals surface area contributed by atoms with Crippen molar-refractivity contribution in [2.75, 3.05) is 6.61 Å². The van der Waals surface area contributed by atoms with Crippen molar-refractivity contribution in [1.82, 2.24) is 0 Å². The molecular weight excluding hydrogens is 116 g/mol. The zero-order chi connectivity index (χ0) is 7.11. The number of nitrogens with two attached hydrogens (primary N) is 1. The molecule has 3 heteroatoms. The lowest BCUT2D eigenvalue weighted by molar-refractivity contribution is 0.186. The van der Waals surface area contributed by atoms with Crippen molar-refractivity contribution in [3.63, 3.8) is 0 Å². The maximum atomic E-state index is 9.89. The Labute approximate surface area is 55.4 Å². The summed E-state index contributed by atoms with van der Waals surface area (Å²) in [7, 11) is 0. The molecule has 53 valence electrons. The number of rotatable bonds is 5. The SMILES string of the molecule is N=C(N)CCCCC[O]. The summed E-state index contributed by atoms with van der Waals surface area (Å²) in [6.45, 7) is -0.00208. The van der Waals surface area contributed by atoms with Gasteiger partial charge in [0.15, 0.2) is 0 Å². The molecule has 0 aliphatic carbocycles. The Morgan fingerprint density at radius 3 is 2.44 bits per heavy atom. The lowest BCUT2D eigenvalue weighted by atomic mass is 10.2. The van der Waals surface area contributed by atoms with Crippen LogP contribution in [0, 0.1) is 5.41 Å². The van der Waals surface area contributed by atoms with Gasteiger partial charge in [0.05, 0.1) is 12.4 Å². The van der Waals surface area contributed by atoms with Gasteiger partial charge in [-0.05, 0) is 12.8 Å². The van der Waals surface area contributed by atoms with Crippen LogP contribution in [0.3, 0.4) is 0 Å². The van der Waals surface area contributed by atoms with Crippen LogP contribution >= 0.6 is 0 Å². The molecule has 0 saturated heterocycles. The number of hydrogen-bond donors (Lipinski definition) is 2. The minimum absolute atomic E-state index is 0.00208. The largest absolute Gasteiger partial charge is 0.388 e. The van der Waals surface area contributed by atoms with E-state index in [9.17, 15) is 5.11 Å². The van der Waals surface area contributed by atoms with E-state index < -0.39 is 0 Å². The highest BCUT2D eigenvalue weighted by Crippen LogP contribution is 1.97. The summed E-state index contributed by atoms with van der Waals surface area (Å²) in [6.07, 6.45) is 3.15. The standard InChI is InChI=1S/C6H13N2O/c7-6(8)4-2-1-3-5-9/h1-5H2,(H3,7,8). The van der Waals surface area contributed by atoms with Gasteiger partial charge in [-0.3, -0.25) is 5.41 Å². The maximum Gasteiger partial charge on any atom is 0.0905 e. The van der Waals surface area contributed by atoms with Crippen LogP contribution in [-0.4, -0.2) is 12.4 Å². The van der Waals surface area contributed by atoms with Crippen LogP contribution in [0.25, 0.3) is 0 Å². The molecule has 0 aromatic carbocycles. The van der Waals surface area contributed by atoms with Gasteiger partial charge in [0.25, 0.3) is 0 Å². The average molecular weight is 129 g/mol. The third-order valence-electron chi connectivity index (χ3n) is 1.09. The molecule has 0 bridgehead atoms. The number of hydrogen-bond acceptors (Lipinski definition) is 1. The molecule has 0 atom stereocenters. The van der Waals surface area contributed by atoms with Gasteiger partial charge >= 0.3 is 0 Å². The fraction of sp³-hybridized carbons (Fsp3) is 0.833. The summed E-state index contributed by atoms with van der Waals surface area (Å²) in [5.74, 6) is 0.223. The second-order valence-electron chi connectivity index (χ2n) is 2.04. The van der Waals surface area contributed by atoms with Crippen molar-refractivity contribution in [3.05, 3.63) is 0 Å². The van der Waals surface area contributed by atoms with Gasteiger partial charge in [0.2, 0.25) is 0 Å². The van der Waals surface area contributed by atoms with Crippen LogP contribution in [0.1, 0.15) is 25.7 Å². The van der Waals surface area contributed by atoms with Gasteiger partial charge in [-0.25, -0.2) is 5.11 Å². The Balaban J connectivity index is 2.83. The fourth-order valence-corrected chi connectivity index (χ4v) is 0.594. The van der Waals surface area contributed by atoms with Gasteiger partial charge in [0, 0.05) is 6.42 Å². The average Bonchev–Trinajstić information content (AvgIpc) is 1.80. The highest BCUT2D eigenvalue weighted by molar-refractivity contribution is 5.76. The quantitative estimate of drug-likeness (QED) is 0.323. The van der Waals surface area contributed by atoms with Crippen molar-refractivity contribution in [2.45, 2.75) is 25.7 Å². The molecule has 9 heavy (non-hydrogen) atoms. The van der Waals surface area contributed by atoms with Crippen LogP contribution in [0.2, 0.25) is 0 Å². The van der Waals surface area contributed by atoms with Gasteiger partial charge in [-0.1, -0.05) is 6.42 Å². The summed E-state index contributed by atoms with van der Waals surface area (Å²) >= 11 is 0. The second-order valence-corrected chi connectivity index (χ2v) is 2.04. The Bertz CT molecular complexity index is 83.1. The van der Waals surface area contributed by atoms with E-state index in [2.05, 4.69) is 0 Å². The second kappa shape index (κ2) is 5.56. The normalized spacial score (nSPS) is 9.44. The monoisotopic (exact) mass is 129 g/mol. The molecule has 0 saturated carbocycles. The van der Waals surface area contributed by atoms with E-state index in [1.165, 1.54) is 0 Å². The van der Waals surface area contributed by atoms with Crippen LogP contribution in [0.15, 0.2) is 0 Å². The number of amidine groups is 1. The van der Waals surface area contributed by atoms with Gasteiger partial charge in [0.1, 0.15) is 0 Å². The molecule has 3 nitrogen and oxygen atoms in total. The van der Waals surface area contributed by atoms with Crippen molar-refractivity contribution < 1.29 is 5.11 Å². The van der Waals surface area contributed by atoms with E-state index in [1.807, 2.05) is 0 Å².